The zero-order valence-electron chi connectivity index (χ0n) is 10.2. The number of allylic oxidation sites excluding steroid dienone is 2. The molecule has 0 aliphatic rings. The molecule has 0 radical (unpaired) electrons. The first-order valence-electron chi connectivity index (χ1n) is 5.20. The van der Waals surface area contributed by atoms with Gasteiger partial charge in [-0.2, -0.15) is 0 Å². The zero-order chi connectivity index (χ0) is 11.9. The predicted molar refractivity (Wildman–Crippen MR) is 69.3 cm³/mol. The van der Waals surface area contributed by atoms with E-state index in [9.17, 15) is 0 Å². The second-order valence-corrected chi connectivity index (χ2v) is 7.03. The van der Waals surface area contributed by atoms with Gasteiger partial charge in [-0.15, -0.1) is 0 Å². The summed E-state index contributed by atoms with van der Waals surface area (Å²) in [7, 11) is 1.58. The standard InChI is InChI=1S/C10H22NO2PS/c1-6-11-14(15,12-5)13-10(4)8-7-9(2)3/h8-9H,6-7H2,1-5H3,(H,11,15)/b10-8+. The van der Waals surface area contributed by atoms with Gasteiger partial charge >= 0.3 is 6.64 Å². The second kappa shape index (κ2) is 7.39. The van der Waals surface area contributed by atoms with Crippen molar-refractivity contribution in [1.82, 2.24) is 5.09 Å². The highest BCUT2D eigenvalue weighted by atomic mass is 32.5. The molecule has 1 N–H and O–H groups in total. The van der Waals surface area contributed by atoms with Crippen LogP contribution in [0.4, 0.5) is 0 Å². The Balaban J connectivity index is 4.29. The van der Waals surface area contributed by atoms with Crippen LogP contribution in [0.15, 0.2) is 11.8 Å². The van der Waals surface area contributed by atoms with Crippen LogP contribution in [0.1, 0.15) is 34.1 Å². The first-order chi connectivity index (χ1) is 6.93. The van der Waals surface area contributed by atoms with E-state index in [0.29, 0.717) is 5.92 Å². The van der Waals surface area contributed by atoms with Gasteiger partial charge in [0.15, 0.2) is 0 Å². The molecule has 0 spiro atoms. The van der Waals surface area contributed by atoms with Gasteiger partial charge in [0.2, 0.25) is 0 Å². The molecule has 0 fully saturated rings. The van der Waals surface area contributed by atoms with Crippen LogP contribution in [-0.2, 0) is 20.9 Å². The first kappa shape index (κ1) is 15.1. The first-order valence-corrected chi connectivity index (χ1v) is 7.84. The van der Waals surface area contributed by atoms with Crippen LogP contribution in [0.25, 0.3) is 0 Å². The van der Waals surface area contributed by atoms with Crippen molar-refractivity contribution in [2.24, 2.45) is 5.92 Å². The smallest absolute Gasteiger partial charge is 0.312 e. The van der Waals surface area contributed by atoms with Gasteiger partial charge in [-0.05, 0) is 37.1 Å². The van der Waals surface area contributed by atoms with Crippen molar-refractivity contribution in [3.63, 3.8) is 0 Å². The molecule has 1 atom stereocenters. The van der Waals surface area contributed by atoms with Gasteiger partial charge in [0.25, 0.3) is 0 Å². The van der Waals surface area contributed by atoms with E-state index in [4.69, 9.17) is 20.9 Å². The molecule has 5 heteroatoms. The molecule has 0 heterocycles. The van der Waals surface area contributed by atoms with Crippen LogP contribution >= 0.6 is 6.64 Å². The van der Waals surface area contributed by atoms with Crippen LogP contribution in [-0.4, -0.2) is 13.7 Å². The highest BCUT2D eigenvalue weighted by molar-refractivity contribution is 8.09. The summed E-state index contributed by atoms with van der Waals surface area (Å²) >= 11 is 5.27. The molecule has 0 rings (SSSR count). The van der Waals surface area contributed by atoms with E-state index in [0.717, 1.165) is 18.7 Å². The highest BCUT2D eigenvalue weighted by Crippen LogP contribution is 2.45. The van der Waals surface area contributed by atoms with E-state index >= 15 is 0 Å². The highest BCUT2D eigenvalue weighted by Gasteiger charge is 2.16. The third kappa shape index (κ3) is 7.07. The third-order valence-corrected chi connectivity index (χ3v) is 4.50. The van der Waals surface area contributed by atoms with E-state index in [-0.39, 0.29) is 0 Å². The molecule has 0 saturated carbocycles. The summed E-state index contributed by atoms with van der Waals surface area (Å²) in [5.74, 6) is 1.47. The monoisotopic (exact) mass is 251 g/mol. The minimum atomic E-state index is -2.30. The number of nitrogens with one attached hydrogen (secondary N) is 1. The SMILES string of the molecule is CCNP(=S)(OC)O/C(C)=C/CC(C)C. The molecule has 0 aliphatic carbocycles. The molecule has 0 amide bonds. The fraction of sp³-hybridized carbons (Fsp3) is 0.800. The molecule has 1 unspecified atom stereocenters. The zero-order valence-corrected chi connectivity index (χ0v) is 12.0. The maximum Gasteiger partial charge on any atom is 0.312 e. The third-order valence-electron chi connectivity index (χ3n) is 1.73. The molecule has 0 aromatic heterocycles. The van der Waals surface area contributed by atoms with Crippen LogP contribution in [0.3, 0.4) is 0 Å². The van der Waals surface area contributed by atoms with E-state index < -0.39 is 6.64 Å². The minimum Gasteiger partial charge on any atom is -0.438 e. The van der Waals surface area contributed by atoms with Gasteiger partial charge in [-0.3, -0.25) is 0 Å². The van der Waals surface area contributed by atoms with E-state index in [1.165, 1.54) is 0 Å². The molecule has 15 heavy (non-hydrogen) atoms. The fourth-order valence-corrected chi connectivity index (χ4v) is 2.81. The van der Waals surface area contributed by atoms with Crippen molar-refractivity contribution in [3.05, 3.63) is 11.8 Å². The maximum atomic E-state index is 5.63. The summed E-state index contributed by atoms with van der Waals surface area (Å²) in [5.41, 5.74) is 0. The van der Waals surface area contributed by atoms with Crippen molar-refractivity contribution in [2.75, 3.05) is 13.7 Å². The number of hydrogen-bond acceptors (Lipinski definition) is 3. The Morgan fingerprint density at radius 3 is 2.53 bits per heavy atom. The van der Waals surface area contributed by atoms with E-state index in [1.54, 1.807) is 7.11 Å². The van der Waals surface area contributed by atoms with Gasteiger partial charge < -0.3 is 9.05 Å². The predicted octanol–water partition coefficient (Wildman–Crippen LogP) is 3.43. The quantitative estimate of drug-likeness (QED) is 0.554. The van der Waals surface area contributed by atoms with Gasteiger partial charge in [-0.1, -0.05) is 20.8 Å². The van der Waals surface area contributed by atoms with E-state index in [2.05, 4.69) is 25.0 Å². The Morgan fingerprint density at radius 1 is 1.53 bits per heavy atom. The molecular formula is C10H22NO2PS. The van der Waals surface area contributed by atoms with Crippen LogP contribution in [0, 0.1) is 5.92 Å². The summed E-state index contributed by atoms with van der Waals surface area (Å²) in [6.45, 7) is 6.68. The van der Waals surface area contributed by atoms with Crippen molar-refractivity contribution >= 4 is 18.4 Å². The minimum absolute atomic E-state index is 0.628. The molecule has 0 saturated heterocycles. The Labute approximate surface area is 98.5 Å². The number of rotatable bonds is 7. The molecule has 0 aromatic rings. The van der Waals surface area contributed by atoms with Crippen LogP contribution in [0.2, 0.25) is 0 Å². The molecule has 0 aliphatic heterocycles. The largest absolute Gasteiger partial charge is 0.438 e. The van der Waals surface area contributed by atoms with Crippen molar-refractivity contribution in [3.8, 4) is 0 Å². The molecule has 0 aromatic carbocycles. The lowest BCUT2D eigenvalue weighted by molar-refractivity contribution is 0.333. The van der Waals surface area contributed by atoms with Crippen molar-refractivity contribution < 1.29 is 9.05 Å². The second-order valence-electron chi connectivity index (χ2n) is 3.73. The number of hydrogen-bond donors (Lipinski definition) is 1. The average Bonchev–Trinajstić information content (AvgIpc) is 2.15. The molecule has 90 valence electrons. The lowest BCUT2D eigenvalue weighted by atomic mass is 10.1. The van der Waals surface area contributed by atoms with E-state index in [1.807, 2.05) is 13.8 Å². The van der Waals surface area contributed by atoms with Crippen LogP contribution in [0.5, 0.6) is 0 Å². The summed E-state index contributed by atoms with van der Waals surface area (Å²) in [4.78, 5) is 0. The van der Waals surface area contributed by atoms with Gasteiger partial charge in [0.1, 0.15) is 0 Å². The average molecular weight is 251 g/mol. The topological polar surface area (TPSA) is 30.5 Å². The molecule has 0 bridgehead atoms. The van der Waals surface area contributed by atoms with Gasteiger partial charge in [-0.25, -0.2) is 5.09 Å². The maximum absolute atomic E-state index is 5.63. The lowest BCUT2D eigenvalue weighted by Gasteiger charge is -2.21. The summed E-state index contributed by atoms with van der Waals surface area (Å²) in [6.07, 6.45) is 3.05. The Morgan fingerprint density at radius 2 is 2.13 bits per heavy atom. The van der Waals surface area contributed by atoms with Gasteiger partial charge in [0.05, 0.1) is 5.76 Å². The summed E-state index contributed by atoms with van der Waals surface area (Å²) < 4.78 is 10.8. The summed E-state index contributed by atoms with van der Waals surface area (Å²) in [5, 5.41) is 3.07. The molecular weight excluding hydrogens is 229 g/mol. The Kier molecular flexibility index (Phi) is 7.45. The summed E-state index contributed by atoms with van der Waals surface area (Å²) in [6, 6.07) is 0. The Hall–Kier alpha value is 0.110. The Bertz CT molecular complexity index is 254. The van der Waals surface area contributed by atoms with Crippen molar-refractivity contribution in [2.45, 2.75) is 34.1 Å². The molecule has 3 nitrogen and oxygen atoms in total. The fourth-order valence-electron chi connectivity index (χ4n) is 0.956. The van der Waals surface area contributed by atoms with Crippen molar-refractivity contribution in [1.29, 1.82) is 0 Å². The van der Waals surface area contributed by atoms with Gasteiger partial charge in [0, 0.05) is 13.7 Å². The normalized spacial score (nSPS) is 16.5. The van der Waals surface area contributed by atoms with Crippen LogP contribution < -0.4 is 5.09 Å². The lowest BCUT2D eigenvalue weighted by Crippen LogP contribution is -2.12.